The Labute approximate surface area is 192 Å². The highest BCUT2D eigenvalue weighted by Gasteiger charge is 2.09. The molecule has 0 aromatic heterocycles. The van der Waals surface area contributed by atoms with Crippen LogP contribution in [0.25, 0.3) is 22.3 Å². The van der Waals surface area contributed by atoms with Crippen LogP contribution in [0.15, 0.2) is 66.7 Å². The molecule has 3 aromatic carbocycles. The smallest absolute Gasteiger partial charge is 0.130 e. The molecule has 0 atom stereocenters. The van der Waals surface area contributed by atoms with Crippen molar-refractivity contribution >= 4 is 0 Å². The highest BCUT2D eigenvalue weighted by Crippen LogP contribution is 2.35. The van der Waals surface area contributed by atoms with E-state index in [1.54, 1.807) is 7.11 Å². The van der Waals surface area contributed by atoms with E-state index in [2.05, 4.69) is 49.4 Å². The van der Waals surface area contributed by atoms with E-state index in [9.17, 15) is 0 Å². The zero-order valence-electron chi connectivity index (χ0n) is 19.3. The Morgan fingerprint density at radius 1 is 0.656 bits per heavy atom. The summed E-state index contributed by atoms with van der Waals surface area (Å²) in [6.07, 6.45) is 5.40. The van der Waals surface area contributed by atoms with Gasteiger partial charge in [0.1, 0.15) is 17.2 Å². The summed E-state index contributed by atoms with van der Waals surface area (Å²) in [5.74, 6) is 2.55. The normalized spacial score (nSPS) is 10.7. The Hall–Kier alpha value is -2.98. The van der Waals surface area contributed by atoms with E-state index in [-0.39, 0.29) is 0 Å². The van der Waals surface area contributed by atoms with E-state index in [0.29, 0.717) is 13.2 Å². The minimum absolute atomic E-state index is 0.641. The average Bonchev–Trinajstić information content (AvgIpc) is 2.85. The first-order chi connectivity index (χ1) is 15.7. The number of ether oxygens (including phenoxy) is 3. The van der Waals surface area contributed by atoms with Gasteiger partial charge in [-0.3, -0.25) is 0 Å². The van der Waals surface area contributed by atoms with Crippen molar-refractivity contribution in [3.63, 3.8) is 0 Å². The number of unbranched alkanes of at least 4 members (excludes halogenated alkanes) is 3. The lowest BCUT2D eigenvalue weighted by Gasteiger charge is -2.14. The lowest BCUT2D eigenvalue weighted by molar-refractivity contribution is 0.306. The van der Waals surface area contributed by atoms with Crippen LogP contribution in [-0.4, -0.2) is 26.9 Å². The molecule has 4 heteroatoms. The van der Waals surface area contributed by atoms with Crippen LogP contribution >= 0.6 is 0 Å². The molecule has 0 aliphatic rings. The Morgan fingerprint density at radius 3 is 1.91 bits per heavy atom. The second-order valence-corrected chi connectivity index (χ2v) is 7.86. The van der Waals surface area contributed by atoms with Gasteiger partial charge in [-0.2, -0.15) is 0 Å². The van der Waals surface area contributed by atoms with Crippen molar-refractivity contribution in [2.45, 2.75) is 39.0 Å². The first kappa shape index (κ1) is 23.7. The Balaban J connectivity index is 1.71. The van der Waals surface area contributed by atoms with Gasteiger partial charge in [-0.15, -0.1) is 0 Å². The molecule has 0 radical (unpaired) electrons. The molecule has 0 heterocycles. The second-order valence-electron chi connectivity index (χ2n) is 7.86. The van der Waals surface area contributed by atoms with Crippen LogP contribution in [0.1, 0.15) is 39.0 Å². The summed E-state index contributed by atoms with van der Waals surface area (Å²) in [6.45, 7) is 4.30. The van der Waals surface area contributed by atoms with Crippen LogP contribution < -0.4 is 19.9 Å². The monoisotopic (exact) mass is 433 g/mol. The third kappa shape index (κ3) is 6.76. The van der Waals surface area contributed by atoms with E-state index in [1.807, 2.05) is 24.3 Å². The van der Waals surface area contributed by atoms with Gasteiger partial charge in [0, 0.05) is 11.6 Å². The van der Waals surface area contributed by atoms with Gasteiger partial charge in [-0.1, -0.05) is 56.2 Å². The number of hydrogen-bond acceptors (Lipinski definition) is 4. The van der Waals surface area contributed by atoms with Crippen LogP contribution in [0, 0.1) is 0 Å². The highest BCUT2D eigenvalue weighted by molar-refractivity contribution is 5.75. The Kier molecular flexibility index (Phi) is 9.45. The van der Waals surface area contributed by atoms with Gasteiger partial charge >= 0.3 is 0 Å². The van der Waals surface area contributed by atoms with Gasteiger partial charge in [-0.25, -0.2) is 0 Å². The third-order valence-electron chi connectivity index (χ3n) is 5.44. The molecule has 0 unspecified atom stereocenters. The first-order valence-electron chi connectivity index (χ1n) is 11.6. The molecule has 170 valence electrons. The summed E-state index contributed by atoms with van der Waals surface area (Å²) in [4.78, 5) is 0. The van der Waals surface area contributed by atoms with Crippen molar-refractivity contribution in [1.82, 2.24) is 0 Å². The molecule has 4 nitrogen and oxygen atoms in total. The van der Waals surface area contributed by atoms with E-state index in [1.165, 1.54) is 24.0 Å². The number of rotatable bonds is 13. The zero-order chi connectivity index (χ0) is 22.6. The predicted molar refractivity (Wildman–Crippen MR) is 133 cm³/mol. The van der Waals surface area contributed by atoms with Crippen molar-refractivity contribution in [2.24, 2.45) is 5.73 Å². The SMILES string of the molecule is CCCCCOc1ccc(-c2ccc(-c3ccc(OC)cc3OCCCCN)cc2)cc1. The highest BCUT2D eigenvalue weighted by atomic mass is 16.5. The van der Waals surface area contributed by atoms with Crippen molar-refractivity contribution in [1.29, 1.82) is 0 Å². The quantitative estimate of drug-likeness (QED) is 0.304. The van der Waals surface area contributed by atoms with E-state index in [4.69, 9.17) is 19.9 Å². The van der Waals surface area contributed by atoms with Crippen molar-refractivity contribution in [3.8, 4) is 39.5 Å². The number of benzene rings is 3. The molecule has 0 amide bonds. The Bertz CT molecular complexity index is 936. The van der Waals surface area contributed by atoms with Gasteiger partial charge in [0.15, 0.2) is 0 Å². The fourth-order valence-corrected chi connectivity index (χ4v) is 3.54. The maximum absolute atomic E-state index is 6.06. The average molecular weight is 434 g/mol. The summed E-state index contributed by atoms with van der Waals surface area (Å²) in [5.41, 5.74) is 10.1. The van der Waals surface area contributed by atoms with Gasteiger partial charge in [0.25, 0.3) is 0 Å². The molecule has 3 aromatic rings. The third-order valence-corrected chi connectivity index (χ3v) is 5.44. The van der Waals surface area contributed by atoms with Crippen molar-refractivity contribution < 1.29 is 14.2 Å². The Morgan fingerprint density at radius 2 is 1.25 bits per heavy atom. The summed E-state index contributed by atoms with van der Waals surface area (Å²) >= 11 is 0. The summed E-state index contributed by atoms with van der Waals surface area (Å²) in [7, 11) is 1.67. The fourth-order valence-electron chi connectivity index (χ4n) is 3.54. The minimum atomic E-state index is 0.641. The lowest BCUT2D eigenvalue weighted by atomic mass is 9.99. The number of nitrogens with two attached hydrogens (primary N) is 1. The molecule has 0 saturated carbocycles. The van der Waals surface area contributed by atoms with Crippen LogP contribution in [0.4, 0.5) is 0 Å². The molecule has 2 N–H and O–H groups in total. The van der Waals surface area contributed by atoms with Gasteiger partial charge in [-0.05, 0) is 66.8 Å². The molecule has 3 rings (SSSR count). The first-order valence-corrected chi connectivity index (χ1v) is 11.6. The van der Waals surface area contributed by atoms with Crippen LogP contribution in [0.2, 0.25) is 0 Å². The maximum atomic E-state index is 6.06. The standard InChI is InChI=1S/C28H35NO3/c1-3-4-6-19-31-25-14-12-23(13-15-25)22-8-10-24(11-9-22)27-17-16-26(30-2)21-28(27)32-20-7-5-18-29/h8-17,21H,3-7,18-20,29H2,1-2H3. The molecule has 0 aliphatic heterocycles. The number of methoxy groups -OCH3 is 1. The molecule has 0 aliphatic carbocycles. The van der Waals surface area contributed by atoms with E-state index in [0.717, 1.165) is 54.2 Å². The number of hydrogen-bond donors (Lipinski definition) is 1. The molecule has 0 bridgehead atoms. The molecule has 32 heavy (non-hydrogen) atoms. The lowest BCUT2D eigenvalue weighted by Crippen LogP contribution is -2.04. The topological polar surface area (TPSA) is 53.7 Å². The van der Waals surface area contributed by atoms with Gasteiger partial charge in [0.2, 0.25) is 0 Å². The maximum Gasteiger partial charge on any atom is 0.130 e. The second kappa shape index (κ2) is 12.8. The van der Waals surface area contributed by atoms with Crippen LogP contribution in [0.3, 0.4) is 0 Å². The molecular formula is C28H35NO3. The fraction of sp³-hybridized carbons (Fsp3) is 0.357. The van der Waals surface area contributed by atoms with Gasteiger partial charge in [0.05, 0.1) is 20.3 Å². The molecule has 0 fully saturated rings. The minimum Gasteiger partial charge on any atom is -0.497 e. The summed E-state index contributed by atoms with van der Waals surface area (Å²) < 4.78 is 17.3. The van der Waals surface area contributed by atoms with Crippen LogP contribution in [-0.2, 0) is 0 Å². The zero-order valence-corrected chi connectivity index (χ0v) is 19.3. The van der Waals surface area contributed by atoms with E-state index < -0.39 is 0 Å². The van der Waals surface area contributed by atoms with Crippen molar-refractivity contribution in [2.75, 3.05) is 26.9 Å². The van der Waals surface area contributed by atoms with E-state index >= 15 is 0 Å². The predicted octanol–water partition coefficient (Wildman–Crippen LogP) is 6.72. The molecule has 0 spiro atoms. The van der Waals surface area contributed by atoms with Crippen molar-refractivity contribution in [3.05, 3.63) is 66.7 Å². The summed E-state index contributed by atoms with van der Waals surface area (Å²) in [5, 5.41) is 0. The molecule has 0 saturated heterocycles. The van der Waals surface area contributed by atoms with Crippen LogP contribution in [0.5, 0.6) is 17.2 Å². The molecular weight excluding hydrogens is 398 g/mol. The summed E-state index contributed by atoms with van der Waals surface area (Å²) in [6, 6.07) is 22.9. The largest absolute Gasteiger partial charge is 0.497 e. The van der Waals surface area contributed by atoms with Gasteiger partial charge < -0.3 is 19.9 Å².